The molecule has 1 aromatic heterocycles. The third-order valence-electron chi connectivity index (χ3n) is 3.07. The van der Waals surface area contributed by atoms with Crippen LogP contribution < -0.4 is 14.8 Å². The third kappa shape index (κ3) is 4.66. The van der Waals surface area contributed by atoms with Gasteiger partial charge in [-0.05, 0) is 39.0 Å². The number of carbonyl (C=O) groups is 2. The fraction of sp³-hybridized carbons (Fsp3) is 0.375. The van der Waals surface area contributed by atoms with Crippen molar-refractivity contribution >= 4 is 29.6 Å². The van der Waals surface area contributed by atoms with Crippen molar-refractivity contribution < 1.29 is 23.8 Å². The lowest BCUT2D eigenvalue weighted by Crippen LogP contribution is -2.24. The van der Waals surface area contributed by atoms with Crippen LogP contribution in [0, 0.1) is 0 Å². The van der Waals surface area contributed by atoms with Gasteiger partial charge in [0, 0.05) is 5.56 Å². The van der Waals surface area contributed by atoms with Crippen LogP contribution in [0.4, 0.5) is 5.95 Å². The summed E-state index contributed by atoms with van der Waals surface area (Å²) in [5.41, 5.74) is -0.144. The molecule has 1 aliphatic heterocycles. The van der Waals surface area contributed by atoms with Gasteiger partial charge in [0.2, 0.25) is 17.9 Å². The molecule has 0 saturated carbocycles. The Morgan fingerprint density at radius 1 is 1.31 bits per heavy atom. The molecule has 0 aliphatic carbocycles. The number of hydrogen-bond acceptors (Lipinski definition) is 8. The van der Waals surface area contributed by atoms with E-state index in [1.165, 1.54) is 0 Å². The Morgan fingerprint density at radius 3 is 2.85 bits per heavy atom. The Kier molecular flexibility index (Phi) is 5.03. The van der Waals surface area contributed by atoms with Crippen LogP contribution in [0.25, 0.3) is 0 Å². The van der Waals surface area contributed by atoms with E-state index in [0.29, 0.717) is 22.2 Å². The molecule has 1 amide bonds. The van der Waals surface area contributed by atoms with E-state index < -0.39 is 5.60 Å². The smallest absolute Gasteiger partial charge is 0.316 e. The minimum atomic E-state index is -0.541. The third-order valence-corrected chi connectivity index (χ3v) is 3.89. The molecule has 2 N–H and O–H groups in total. The quantitative estimate of drug-likeness (QED) is 0.601. The largest absolute Gasteiger partial charge is 0.459 e. The molecule has 2 aromatic rings. The molecule has 26 heavy (non-hydrogen) atoms. The molecule has 1 aromatic carbocycles. The van der Waals surface area contributed by atoms with Gasteiger partial charge in [-0.25, -0.2) is 5.10 Å². The van der Waals surface area contributed by atoms with Gasteiger partial charge < -0.3 is 14.2 Å². The molecule has 10 heteroatoms. The van der Waals surface area contributed by atoms with Crippen LogP contribution in [0.5, 0.6) is 11.5 Å². The molecule has 3 rings (SSSR count). The molecule has 138 valence electrons. The number of aromatic nitrogens is 3. The van der Waals surface area contributed by atoms with Gasteiger partial charge in [-0.3, -0.25) is 14.9 Å². The van der Waals surface area contributed by atoms with E-state index in [2.05, 4.69) is 20.5 Å². The Labute approximate surface area is 153 Å². The van der Waals surface area contributed by atoms with Crippen LogP contribution in [-0.2, 0) is 9.53 Å². The van der Waals surface area contributed by atoms with E-state index in [0.717, 1.165) is 11.8 Å². The second kappa shape index (κ2) is 7.24. The number of aromatic amines is 1. The zero-order valence-corrected chi connectivity index (χ0v) is 15.3. The molecule has 0 fully saturated rings. The molecular weight excluding hydrogens is 360 g/mol. The van der Waals surface area contributed by atoms with Crippen molar-refractivity contribution in [1.29, 1.82) is 0 Å². The minimum Gasteiger partial charge on any atom is -0.459 e. The van der Waals surface area contributed by atoms with E-state index in [-0.39, 0.29) is 30.4 Å². The van der Waals surface area contributed by atoms with Crippen LogP contribution in [0.2, 0.25) is 0 Å². The van der Waals surface area contributed by atoms with E-state index in [1.807, 2.05) is 0 Å². The molecule has 0 unspecified atom stereocenters. The minimum absolute atomic E-state index is 0.0741. The van der Waals surface area contributed by atoms with Gasteiger partial charge in [0.05, 0.1) is 5.75 Å². The first-order valence-electron chi connectivity index (χ1n) is 7.78. The van der Waals surface area contributed by atoms with Crippen LogP contribution in [0.3, 0.4) is 0 Å². The summed E-state index contributed by atoms with van der Waals surface area (Å²) in [4.78, 5) is 28.1. The Balaban J connectivity index is 1.55. The summed E-state index contributed by atoms with van der Waals surface area (Å²) in [5.74, 6) is 0.636. The zero-order valence-electron chi connectivity index (χ0n) is 14.5. The summed E-state index contributed by atoms with van der Waals surface area (Å²) >= 11 is 1.11. The van der Waals surface area contributed by atoms with E-state index in [1.54, 1.807) is 39.0 Å². The summed E-state index contributed by atoms with van der Waals surface area (Å²) in [7, 11) is 0. The molecule has 0 saturated heterocycles. The summed E-state index contributed by atoms with van der Waals surface area (Å²) in [6, 6.07) is 4.88. The average molecular weight is 378 g/mol. The number of hydrogen-bond donors (Lipinski definition) is 2. The van der Waals surface area contributed by atoms with Crippen molar-refractivity contribution in [3.8, 4) is 11.5 Å². The van der Waals surface area contributed by atoms with Crippen LogP contribution >= 0.6 is 11.8 Å². The van der Waals surface area contributed by atoms with Crippen LogP contribution in [-0.4, -0.2) is 45.2 Å². The van der Waals surface area contributed by atoms with Crippen molar-refractivity contribution in [1.82, 2.24) is 15.2 Å². The topological polar surface area (TPSA) is 115 Å². The predicted molar refractivity (Wildman–Crippen MR) is 93.5 cm³/mol. The zero-order chi connectivity index (χ0) is 18.7. The first-order chi connectivity index (χ1) is 12.3. The maximum absolute atomic E-state index is 12.3. The summed E-state index contributed by atoms with van der Waals surface area (Å²) in [5, 5.41) is 9.49. The highest BCUT2D eigenvalue weighted by Gasteiger charge is 2.19. The van der Waals surface area contributed by atoms with Gasteiger partial charge in [0.1, 0.15) is 5.60 Å². The first kappa shape index (κ1) is 18.1. The number of nitrogens with one attached hydrogen (secondary N) is 2. The van der Waals surface area contributed by atoms with Crippen molar-refractivity contribution in [3.63, 3.8) is 0 Å². The van der Waals surface area contributed by atoms with Gasteiger partial charge in [-0.15, -0.1) is 5.10 Å². The van der Waals surface area contributed by atoms with Crippen molar-refractivity contribution in [3.05, 3.63) is 23.8 Å². The second-order valence-electron chi connectivity index (χ2n) is 6.36. The highest BCUT2D eigenvalue weighted by molar-refractivity contribution is 7.99. The average Bonchev–Trinajstić information content (AvgIpc) is 3.19. The number of carbonyl (C=O) groups excluding carboxylic acids is 2. The van der Waals surface area contributed by atoms with Gasteiger partial charge >= 0.3 is 5.97 Å². The van der Waals surface area contributed by atoms with Crippen molar-refractivity contribution in [2.24, 2.45) is 0 Å². The van der Waals surface area contributed by atoms with Gasteiger partial charge in [0.25, 0.3) is 5.91 Å². The highest BCUT2D eigenvalue weighted by atomic mass is 32.2. The number of anilines is 1. The maximum atomic E-state index is 12.3. The summed E-state index contributed by atoms with van der Waals surface area (Å²) in [6.07, 6.45) is 0. The molecule has 0 bridgehead atoms. The number of rotatable bonds is 5. The molecule has 9 nitrogen and oxygen atoms in total. The molecule has 0 radical (unpaired) electrons. The first-order valence-corrected chi connectivity index (χ1v) is 8.77. The number of thioether (sulfide) groups is 1. The van der Waals surface area contributed by atoms with Gasteiger partial charge in [0.15, 0.2) is 11.5 Å². The molecule has 0 spiro atoms. The number of ether oxygens (including phenoxy) is 3. The highest BCUT2D eigenvalue weighted by Crippen LogP contribution is 2.32. The number of benzene rings is 1. The Morgan fingerprint density at radius 2 is 2.08 bits per heavy atom. The van der Waals surface area contributed by atoms with E-state index in [4.69, 9.17) is 14.2 Å². The summed E-state index contributed by atoms with van der Waals surface area (Å²) < 4.78 is 15.7. The number of H-pyrrole nitrogens is 1. The summed E-state index contributed by atoms with van der Waals surface area (Å²) in [6.45, 7) is 5.53. The lowest BCUT2D eigenvalue weighted by Gasteiger charge is -2.18. The maximum Gasteiger partial charge on any atom is 0.316 e. The van der Waals surface area contributed by atoms with Crippen LogP contribution in [0.1, 0.15) is 31.1 Å². The standard InChI is InChI=1S/C16H18N4O5S/c1-16(2,3)25-12(21)7-26-15-18-14(19-20-15)17-13(22)9-4-5-10-11(6-9)24-8-23-10/h4-6H,7-8H2,1-3H3,(H2,17,18,19,20,22). The Hall–Kier alpha value is -2.75. The van der Waals surface area contributed by atoms with Crippen molar-refractivity contribution in [2.75, 3.05) is 17.9 Å². The van der Waals surface area contributed by atoms with E-state index in [9.17, 15) is 9.59 Å². The fourth-order valence-electron chi connectivity index (χ4n) is 2.08. The van der Waals surface area contributed by atoms with Gasteiger partial charge in [-0.2, -0.15) is 4.98 Å². The predicted octanol–water partition coefficient (Wildman–Crippen LogP) is 2.22. The number of amides is 1. The van der Waals surface area contributed by atoms with Crippen molar-refractivity contribution in [2.45, 2.75) is 31.5 Å². The van der Waals surface area contributed by atoms with Crippen LogP contribution in [0.15, 0.2) is 23.4 Å². The van der Waals surface area contributed by atoms with Gasteiger partial charge in [-0.1, -0.05) is 11.8 Å². The lowest BCUT2D eigenvalue weighted by molar-refractivity contribution is -0.151. The fourth-order valence-corrected chi connectivity index (χ4v) is 2.65. The lowest BCUT2D eigenvalue weighted by atomic mass is 10.2. The number of esters is 1. The normalized spacial score (nSPS) is 12.7. The molecule has 1 aliphatic rings. The van der Waals surface area contributed by atoms with E-state index >= 15 is 0 Å². The Bertz CT molecular complexity index is 830. The number of nitrogens with zero attached hydrogens (tertiary/aromatic N) is 2. The SMILES string of the molecule is CC(C)(C)OC(=O)CSc1n[nH]c(NC(=O)c2ccc3c(c2)OCO3)n1. The molecule has 2 heterocycles. The molecular formula is C16H18N4O5S. The second-order valence-corrected chi connectivity index (χ2v) is 7.31. The molecule has 0 atom stereocenters. The number of fused-ring (bicyclic) bond motifs is 1. The monoisotopic (exact) mass is 378 g/mol.